The van der Waals surface area contributed by atoms with Gasteiger partial charge in [0, 0.05) is 12.6 Å². The highest BCUT2D eigenvalue weighted by Crippen LogP contribution is 2.24. The molecule has 0 saturated heterocycles. The molecule has 2 N–H and O–H groups in total. The minimum Gasteiger partial charge on any atom is -0.444 e. The summed E-state index contributed by atoms with van der Waals surface area (Å²) >= 11 is 0. The van der Waals surface area contributed by atoms with Gasteiger partial charge in [-0.25, -0.2) is 17.9 Å². The van der Waals surface area contributed by atoms with Gasteiger partial charge >= 0.3 is 6.09 Å². The summed E-state index contributed by atoms with van der Waals surface area (Å²) in [5, 5.41) is 2.77. The van der Waals surface area contributed by atoms with E-state index in [1.54, 1.807) is 0 Å². The molecule has 0 aromatic rings. The first kappa shape index (κ1) is 17.2. The Balaban J connectivity index is 2.24. The van der Waals surface area contributed by atoms with Gasteiger partial charge in [0.25, 0.3) is 0 Å². The average Bonchev–Trinajstić information content (AvgIpc) is 2.23. The van der Waals surface area contributed by atoms with Gasteiger partial charge in [-0.2, -0.15) is 0 Å². The summed E-state index contributed by atoms with van der Waals surface area (Å²) < 4.78 is 30.1. The molecule has 1 fully saturated rings. The Bertz CT molecular complexity index is 420. The van der Waals surface area contributed by atoms with Crippen LogP contribution in [-0.2, 0) is 14.8 Å². The third kappa shape index (κ3) is 7.69. The van der Waals surface area contributed by atoms with Gasteiger partial charge < -0.3 is 10.1 Å². The Morgan fingerprint density at radius 3 is 2.20 bits per heavy atom. The van der Waals surface area contributed by atoms with Crippen molar-refractivity contribution in [2.45, 2.75) is 58.1 Å². The number of rotatable bonds is 4. The average molecular weight is 306 g/mol. The molecule has 0 radical (unpaired) electrons. The van der Waals surface area contributed by atoms with Crippen LogP contribution in [0.3, 0.4) is 0 Å². The summed E-state index contributed by atoms with van der Waals surface area (Å²) in [6.07, 6.45) is 4.23. The number of hydrogen-bond acceptors (Lipinski definition) is 4. The number of carbonyl (C=O) groups is 1. The van der Waals surface area contributed by atoms with Crippen molar-refractivity contribution in [2.24, 2.45) is 5.92 Å². The van der Waals surface area contributed by atoms with E-state index in [4.69, 9.17) is 4.74 Å². The van der Waals surface area contributed by atoms with Gasteiger partial charge in [0.1, 0.15) is 5.60 Å². The molecule has 1 saturated carbocycles. The molecule has 1 rings (SSSR count). The SMILES string of the molecule is CC(C)(C)OC(=O)NC[C@H]1CC[C@H](NS(C)(=O)=O)CC1. The lowest BCUT2D eigenvalue weighted by atomic mass is 9.86. The zero-order chi connectivity index (χ0) is 15.4. The lowest BCUT2D eigenvalue weighted by Crippen LogP contribution is -2.40. The molecule has 118 valence electrons. The molecule has 0 aromatic carbocycles. The molecule has 0 atom stereocenters. The summed E-state index contributed by atoms with van der Waals surface area (Å²) in [6, 6.07) is 0.0303. The maximum atomic E-state index is 11.5. The maximum Gasteiger partial charge on any atom is 0.407 e. The van der Waals surface area contributed by atoms with Gasteiger partial charge in [-0.3, -0.25) is 0 Å². The molecular formula is C13H26N2O4S. The number of carbonyl (C=O) groups excluding carboxylic acids is 1. The monoisotopic (exact) mass is 306 g/mol. The lowest BCUT2D eigenvalue weighted by Gasteiger charge is -2.29. The van der Waals surface area contributed by atoms with Crippen LogP contribution in [0, 0.1) is 5.92 Å². The van der Waals surface area contributed by atoms with Crippen molar-refractivity contribution in [1.82, 2.24) is 10.0 Å². The molecule has 7 heteroatoms. The van der Waals surface area contributed by atoms with Crippen LogP contribution in [0.1, 0.15) is 46.5 Å². The van der Waals surface area contributed by atoms with E-state index in [1.807, 2.05) is 20.8 Å². The standard InChI is InChI=1S/C13H26N2O4S/c1-13(2,3)19-12(16)14-9-10-5-7-11(8-6-10)15-20(4,17)18/h10-11,15H,5-9H2,1-4H3,(H,14,16)/t10-,11-. The third-order valence-corrected chi connectivity index (χ3v) is 3.92. The summed E-state index contributed by atoms with van der Waals surface area (Å²) in [4.78, 5) is 11.5. The molecule has 20 heavy (non-hydrogen) atoms. The van der Waals surface area contributed by atoms with E-state index >= 15 is 0 Å². The van der Waals surface area contributed by atoms with Gasteiger partial charge in [0.15, 0.2) is 0 Å². The predicted octanol–water partition coefficient (Wildman–Crippen LogP) is 1.62. The van der Waals surface area contributed by atoms with E-state index < -0.39 is 21.7 Å². The van der Waals surface area contributed by atoms with Gasteiger partial charge in [0.2, 0.25) is 10.0 Å². The van der Waals surface area contributed by atoms with Crippen LogP contribution in [0.4, 0.5) is 4.79 Å². The highest BCUT2D eigenvalue weighted by atomic mass is 32.2. The molecule has 1 aliphatic carbocycles. The summed E-state index contributed by atoms with van der Waals surface area (Å²) in [6.45, 7) is 6.07. The smallest absolute Gasteiger partial charge is 0.407 e. The Labute approximate surface area is 121 Å². The minimum absolute atomic E-state index is 0.0303. The Morgan fingerprint density at radius 1 is 1.20 bits per heavy atom. The fourth-order valence-corrected chi connectivity index (χ4v) is 3.17. The number of nitrogens with one attached hydrogen (secondary N) is 2. The van der Waals surface area contributed by atoms with Crippen molar-refractivity contribution in [3.05, 3.63) is 0 Å². The van der Waals surface area contributed by atoms with Gasteiger partial charge in [-0.15, -0.1) is 0 Å². The summed E-state index contributed by atoms with van der Waals surface area (Å²) in [5.41, 5.74) is -0.485. The molecule has 0 spiro atoms. The second-order valence-corrected chi connectivity index (χ2v) is 8.27. The number of amides is 1. The highest BCUT2D eigenvalue weighted by molar-refractivity contribution is 7.88. The molecular weight excluding hydrogens is 280 g/mol. The van der Waals surface area contributed by atoms with Crippen LogP contribution in [0.25, 0.3) is 0 Å². The van der Waals surface area contributed by atoms with Crippen molar-refractivity contribution in [3.8, 4) is 0 Å². The fraction of sp³-hybridized carbons (Fsp3) is 0.923. The Hall–Kier alpha value is -0.820. The van der Waals surface area contributed by atoms with Crippen LogP contribution in [0.5, 0.6) is 0 Å². The van der Waals surface area contributed by atoms with Crippen molar-refractivity contribution in [2.75, 3.05) is 12.8 Å². The van der Waals surface area contributed by atoms with E-state index in [2.05, 4.69) is 10.0 Å². The Kier molecular flexibility index (Phi) is 5.82. The molecule has 1 amide bonds. The molecule has 6 nitrogen and oxygen atoms in total. The van der Waals surface area contributed by atoms with Crippen molar-refractivity contribution >= 4 is 16.1 Å². The number of hydrogen-bond donors (Lipinski definition) is 2. The van der Waals surface area contributed by atoms with Crippen molar-refractivity contribution < 1.29 is 17.9 Å². The quantitative estimate of drug-likeness (QED) is 0.826. The fourth-order valence-electron chi connectivity index (χ4n) is 2.33. The van der Waals surface area contributed by atoms with Gasteiger partial charge in [0.05, 0.1) is 6.26 Å². The van der Waals surface area contributed by atoms with Gasteiger partial charge in [-0.1, -0.05) is 0 Å². The van der Waals surface area contributed by atoms with E-state index in [9.17, 15) is 13.2 Å². The molecule has 0 heterocycles. The number of alkyl carbamates (subject to hydrolysis) is 1. The van der Waals surface area contributed by atoms with Crippen LogP contribution in [0.15, 0.2) is 0 Å². The molecule has 1 aliphatic rings. The highest BCUT2D eigenvalue weighted by Gasteiger charge is 2.24. The first-order valence-electron chi connectivity index (χ1n) is 6.99. The summed E-state index contributed by atoms with van der Waals surface area (Å²) in [5.74, 6) is 0.389. The third-order valence-electron chi connectivity index (χ3n) is 3.16. The molecule has 0 aliphatic heterocycles. The summed E-state index contributed by atoms with van der Waals surface area (Å²) in [7, 11) is -3.13. The predicted molar refractivity (Wildman–Crippen MR) is 78.0 cm³/mol. The van der Waals surface area contributed by atoms with Crippen LogP contribution in [0.2, 0.25) is 0 Å². The topological polar surface area (TPSA) is 84.5 Å². The van der Waals surface area contributed by atoms with Crippen LogP contribution < -0.4 is 10.0 Å². The molecule has 0 unspecified atom stereocenters. The largest absolute Gasteiger partial charge is 0.444 e. The number of ether oxygens (including phenoxy) is 1. The van der Waals surface area contributed by atoms with Crippen LogP contribution in [-0.4, -0.2) is 39.0 Å². The second-order valence-electron chi connectivity index (χ2n) is 6.49. The minimum atomic E-state index is -3.13. The maximum absolute atomic E-state index is 11.5. The first-order chi connectivity index (χ1) is 9.05. The zero-order valence-electron chi connectivity index (χ0n) is 12.7. The van der Waals surface area contributed by atoms with E-state index in [0.717, 1.165) is 25.7 Å². The zero-order valence-corrected chi connectivity index (χ0v) is 13.5. The lowest BCUT2D eigenvalue weighted by molar-refractivity contribution is 0.0515. The van der Waals surface area contributed by atoms with E-state index in [-0.39, 0.29) is 6.04 Å². The Morgan fingerprint density at radius 2 is 1.75 bits per heavy atom. The number of sulfonamides is 1. The van der Waals surface area contributed by atoms with Crippen molar-refractivity contribution in [3.63, 3.8) is 0 Å². The first-order valence-corrected chi connectivity index (χ1v) is 8.88. The molecule has 0 bridgehead atoms. The van der Waals surface area contributed by atoms with E-state index in [0.29, 0.717) is 12.5 Å². The van der Waals surface area contributed by atoms with E-state index in [1.165, 1.54) is 6.26 Å². The second kappa shape index (κ2) is 6.76. The molecule has 0 aromatic heterocycles. The van der Waals surface area contributed by atoms with Crippen molar-refractivity contribution in [1.29, 1.82) is 0 Å². The normalized spacial score (nSPS) is 24.2. The van der Waals surface area contributed by atoms with Crippen LogP contribution >= 0.6 is 0 Å². The van der Waals surface area contributed by atoms with Gasteiger partial charge in [-0.05, 0) is 52.4 Å².